The molecule has 2 aliphatic heterocycles. The molecule has 0 aliphatic carbocycles. The summed E-state index contributed by atoms with van der Waals surface area (Å²) in [6.07, 6.45) is -6.51. The Morgan fingerprint density at radius 1 is 0.702 bits per heavy atom. The lowest BCUT2D eigenvalue weighted by Gasteiger charge is -2.17. The molecule has 6 rings (SSSR count). The second-order valence-electron chi connectivity index (χ2n) is 10.8. The summed E-state index contributed by atoms with van der Waals surface area (Å²) < 4.78 is 13.7. The minimum atomic E-state index is -1.32. The summed E-state index contributed by atoms with van der Waals surface area (Å²) in [6.45, 7) is 2.31. The monoisotopic (exact) mass is 664 g/mol. The smallest absolute Gasteiger partial charge is 0.251 e. The highest BCUT2D eigenvalue weighted by molar-refractivity contribution is 6.09. The van der Waals surface area contributed by atoms with Gasteiger partial charge in [0.2, 0.25) is 0 Å². The number of nitrogens with zero attached hydrogens (tertiary/aromatic N) is 6. The molecule has 4 unspecified atom stereocenters. The fraction of sp³-hybridized carbons (Fsp3) is 0.462. The second kappa shape index (κ2) is 13.3. The van der Waals surface area contributed by atoms with E-state index >= 15 is 0 Å². The number of hydrogen-bond donors (Lipinski definition) is 10. The Hall–Kier alpha value is -4.58. The van der Waals surface area contributed by atoms with E-state index in [1.54, 1.807) is 13.8 Å². The van der Waals surface area contributed by atoms with Crippen LogP contribution in [0.2, 0.25) is 0 Å². The Labute approximate surface area is 264 Å². The van der Waals surface area contributed by atoms with Gasteiger partial charge in [0.25, 0.3) is 11.8 Å². The van der Waals surface area contributed by atoms with Crippen molar-refractivity contribution < 1.29 is 55.2 Å². The van der Waals surface area contributed by atoms with Crippen LogP contribution in [-0.4, -0.2) is 127 Å². The number of nitrogens with two attached hydrogens (primary N) is 4. The number of carbonyl (C=O) groups is 2. The van der Waals surface area contributed by atoms with Gasteiger partial charge in [0.05, 0.1) is 35.1 Å². The molecular formula is C26H36N10O11. The summed E-state index contributed by atoms with van der Waals surface area (Å²) >= 11 is 0. The molecule has 2 aliphatic rings. The first-order chi connectivity index (χ1) is 21.7. The van der Waals surface area contributed by atoms with Gasteiger partial charge in [-0.25, -0.2) is 19.9 Å². The zero-order valence-corrected chi connectivity index (χ0v) is 25.0. The van der Waals surface area contributed by atoms with Crippen LogP contribution in [0, 0.1) is 13.8 Å². The van der Waals surface area contributed by atoms with Gasteiger partial charge >= 0.3 is 0 Å². The predicted molar refractivity (Wildman–Crippen MR) is 160 cm³/mol. The fourth-order valence-electron chi connectivity index (χ4n) is 5.56. The predicted octanol–water partition coefficient (Wildman–Crippen LogP) is -4.76. The van der Waals surface area contributed by atoms with Crippen LogP contribution < -0.4 is 22.9 Å². The molecule has 47 heavy (non-hydrogen) atoms. The van der Waals surface area contributed by atoms with Crippen LogP contribution in [0.5, 0.6) is 0 Å². The third-order valence-corrected chi connectivity index (χ3v) is 7.74. The molecule has 4 aromatic rings. The molecule has 8 atom stereocenters. The van der Waals surface area contributed by atoms with E-state index in [1.807, 2.05) is 0 Å². The Morgan fingerprint density at radius 3 is 1.32 bits per heavy atom. The summed E-state index contributed by atoms with van der Waals surface area (Å²) in [5.74, 6) is -0.605. The topological polar surface area (TPSA) is 371 Å². The van der Waals surface area contributed by atoms with Crippen molar-refractivity contribution in [3.05, 3.63) is 35.2 Å². The number of anilines is 2. The van der Waals surface area contributed by atoms with Gasteiger partial charge < -0.3 is 77.7 Å². The number of aliphatic hydroxyl groups excluding tert-OH is 6. The molecule has 2 amide bonds. The van der Waals surface area contributed by atoms with Crippen molar-refractivity contribution in [2.75, 3.05) is 24.7 Å². The summed E-state index contributed by atoms with van der Waals surface area (Å²) in [6, 6.07) is 0. The van der Waals surface area contributed by atoms with Crippen LogP contribution in [0.25, 0.3) is 22.1 Å². The Morgan fingerprint density at radius 2 is 1.04 bits per heavy atom. The van der Waals surface area contributed by atoms with Gasteiger partial charge in [-0.05, 0) is 13.8 Å². The van der Waals surface area contributed by atoms with E-state index in [2.05, 4.69) is 19.9 Å². The third-order valence-electron chi connectivity index (χ3n) is 7.74. The molecule has 0 bridgehead atoms. The van der Waals surface area contributed by atoms with Crippen LogP contribution in [0.1, 0.15) is 44.8 Å². The number of nitrogen functional groups attached to an aromatic ring is 2. The summed E-state index contributed by atoms with van der Waals surface area (Å²) in [5.41, 5.74) is 23.1. The van der Waals surface area contributed by atoms with Gasteiger partial charge in [-0.15, -0.1) is 0 Å². The van der Waals surface area contributed by atoms with Crippen molar-refractivity contribution in [1.29, 1.82) is 0 Å². The lowest BCUT2D eigenvalue weighted by molar-refractivity contribution is -0.0509. The minimum absolute atomic E-state index is 0. The van der Waals surface area contributed by atoms with Gasteiger partial charge in [0, 0.05) is 12.4 Å². The first kappa shape index (κ1) is 35.3. The number of carbonyl (C=O) groups excluding carboxylic acids is 2. The molecule has 21 heteroatoms. The van der Waals surface area contributed by atoms with Crippen molar-refractivity contribution in [1.82, 2.24) is 29.1 Å². The van der Waals surface area contributed by atoms with Gasteiger partial charge in [0.15, 0.2) is 12.5 Å². The van der Waals surface area contributed by atoms with Crippen molar-refractivity contribution in [2.45, 2.75) is 62.9 Å². The molecule has 256 valence electrons. The maximum absolute atomic E-state index is 11.7. The summed E-state index contributed by atoms with van der Waals surface area (Å²) in [5, 5.41) is 59.0. The number of aryl methyl sites for hydroxylation is 2. The van der Waals surface area contributed by atoms with Crippen molar-refractivity contribution in [3.63, 3.8) is 0 Å². The van der Waals surface area contributed by atoms with Crippen LogP contribution in [0.15, 0.2) is 12.4 Å². The minimum Gasteiger partial charge on any atom is -0.412 e. The van der Waals surface area contributed by atoms with Gasteiger partial charge in [-0.3, -0.25) is 9.59 Å². The van der Waals surface area contributed by atoms with E-state index in [1.165, 1.54) is 21.5 Å². The molecule has 6 heterocycles. The average molecular weight is 665 g/mol. The zero-order valence-electron chi connectivity index (χ0n) is 25.0. The molecule has 4 aromatic heterocycles. The molecule has 0 saturated carbocycles. The van der Waals surface area contributed by atoms with E-state index < -0.39 is 74.1 Å². The SMILES string of the molecule is Cc1nc(N)c2c(C(N)=O)cn(C3OC(CO)C(O)C3O)c2n1.Cc1nc(N)c2c(C(N)=O)cn([C@@H]3O[C@H](CO)[C@@H](O)[C@H]3O)c2n1.O. The highest BCUT2D eigenvalue weighted by Crippen LogP contribution is 2.36. The lowest BCUT2D eigenvalue weighted by Crippen LogP contribution is -2.33. The number of rotatable bonds is 6. The van der Waals surface area contributed by atoms with E-state index in [0.29, 0.717) is 11.6 Å². The van der Waals surface area contributed by atoms with Crippen molar-refractivity contribution in [2.24, 2.45) is 11.5 Å². The van der Waals surface area contributed by atoms with Crippen LogP contribution in [0.4, 0.5) is 11.6 Å². The van der Waals surface area contributed by atoms with E-state index in [4.69, 9.17) is 32.4 Å². The highest BCUT2D eigenvalue weighted by atomic mass is 16.6. The van der Waals surface area contributed by atoms with Gasteiger partial charge in [0.1, 0.15) is 71.2 Å². The number of primary amides is 2. The van der Waals surface area contributed by atoms with E-state index in [0.717, 1.165) is 0 Å². The molecule has 2 saturated heterocycles. The fourth-order valence-corrected chi connectivity index (χ4v) is 5.56. The highest BCUT2D eigenvalue weighted by Gasteiger charge is 2.45. The van der Waals surface area contributed by atoms with E-state index in [9.17, 15) is 40.2 Å². The van der Waals surface area contributed by atoms with Crippen LogP contribution in [0.3, 0.4) is 0 Å². The normalized spacial score (nSPS) is 27.1. The average Bonchev–Trinajstić information content (AvgIpc) is 3.71. The number of aromatic nitrogens is 6. The summed E-state index contributed by atoms with van der Waals surface area (Å²) in [4.78, 5) is 39.8. The number of fused-ring (bicyclic) bond motifs is 2. The first-order valence-electron chi connectivity index (χ1n) is 13.8. The maximum Gasteiger partial charge on any atom is 0.251 e. The standard InChI is InChI=1S/2C13H17N5O5.H2O/c2*1-4-16-10(14)7-5(11(15)22)2-18(12(7)17-4)13-9(21)8(20)6(3-19)23-13;/h2*2,6,8-9,13,19-21H,3H2,1H3,(H2,15,22)(H2,14,16,17);1H2/t6-,8-,9-,13-;;/m1../s1. The van der Waals surface area contributed by atoms with Gasteiger partial charge in [-0.2, -0.15) is 0 Å². The lowest BCUT2D eigenvalue weighted by atomic mass is 10.1. The van der Waals surface area contributed by atoms with Gasteiger partial charge in [-0.1, -0.05) is 0 Å². The number of amides is 2. The van der Waals surface area contributed by atoms with Crippen molar-refractivity contribution in [3.8, 4) is 0 Å². The van der Waals surface area contributed by atoms with E-state index in [-0.39, 0.29) is 50.3 Å². The zero-order chi connectivity index (χ0) is 33.8. The number of hydrogen-bond acceptors (Lipinski definition) is 16. The van der Waals surface area contributed by atoms with Crippen molar-refractivity contribution >= 4 is 45.5 Å². The molecular weight excluding hydrogens is 628 g/mol. The molecule has 16 N–H and O–H groups in total. The molecule has 0 radical (unpaired) electrons. The van der Waals surface area contributed by atoms with Crippen LogP contribution in [-0.2, 0) is 9.47 Å². The summed E-state index contributed by atoms with van der Waals surface area (Å²) in [7, 11) is 0. The Kier molecular flexibility index (Phi) is 9.96. The second-order valence-corrected chi connectivity index (χ2v) is 10.8. The maximum atomic E-state index is 11.7. The number of ether oxygens (including phenoxy) is 2. The number of aliphatic hydroxyl groups is 6. The first-order valence-corrected chi connectivity index (χ1v) is 13.8. The Bertz CT molecular complexity index is 1680. The van der Waals surface area contributed by atoms with Crippen LogP contribution >= 0.6 is 0 Å². The molecule has 21 nitrogen and oxygen atoms in total. The molecule has 0 spiro atoms. The third kappa shape index (κ3) is 6.02. The quantitative estimate of drug-likeness (QED) is 0.0924. The molecule has 0 aromatic carbocycles. The molecule has 2 fully saturated rings. The largest absolute Gasteiger partial charge is 0.412 e. The Balaban J connectivity index is 0.000000208.